The van der Waals surface area contributed by atoms with Crippen molar-refractivity contribution in [2.75, 3.05) is 13.2 Å². The van der Waals surface area contributed by atoms with Crippen LogP contribution in [0.15, 0.2) is 71.1 Å². The highest BCUT2D eigenvalue weighted by molar-refractivity contribution is 5.69. The van der Waals surface area contributed by atoms with Gasteiger partial charge in [-0.15, -0.1) is 0 Å². The van der Waals surface area contributed by atoms with Crippen LogP contribution in [-0.4, -0.2) is 45.3 Å². The molecule has 1 aliphatic heterocycles. The summed E-state index contributed by atoms with van der Waals surface area (Å²) in [6, 6.07) is 22.0. The third-order valence-electron chi connectivity index (χ3n) is 7.07. The molecule has 0 atom stereocenters. The van der Waals surface area contributed by atoms with Crippen LogP contribution in [0.2, 0.25) is 0 Å². The maximum Gasteiger partial charge on any atom is 0.407 e. The van der Waals surface area contributed by atoms with Crippen LogP contribution in [0.25, 0.3) is 22.6 Å². The van der Waals surface area contributed by atoms with E-state index in [0.717, 1.165) is 44.8 Å². The number of aryl methyl sites for hydroxylation is 2. The predicted octanol–water partition coefficient (Wildman–Crippen LogP) is 5.99. The summed E-state index contributed by atoms with van der Waals surface area (Å²) < 4.78 is 12.1. The van der Waals surface area contributed by atoms with Crippen LogP contribution in [0.1, 0.15) is 34.6 Å². The highest BCUT2D eigenvalue weighted by atomic mass is 16.5. The van der Waals surface area contributed by atoms with Gasteiger partial charge in [0.15, 0.2) is 0 Å². The third-order valence-corrected chi connectivity index (χ3v) is 7.07. The lowest BCUT2D eigenvalue weighted by molar-refractivity contribution is -0.136. The summed E-state index contributed by atoms with van der Waals surface area (Å²) in [5, 5.41) is 18.6. The number of hydrogen-bond donors (Lipinski definition) is 2. The third kappa shape index (κ3) is 5.95. The molecule has 0 bridgehead atoms. The second-order valence-electron chi connectivity index (χ2n) is 9.59. The van der Waals surface area contributed by atoms with E-state index in [1.807, 2.05) is 49.4 Å². The second kappa shape index (κ2) is 11.4. The van der Waals surface area contributed by atoms with Crippen molar-refractivity contribution < 1.29 is 29.0 Å². The normalized spacial score (nSPS) is 12.7. The lowest BCUT2D eigenvalue weighted by atomic mass is 9.92. The van der Waals surface area contributed by atoms with E-state index in [4.69, 9.17) is 19.2 Å². The van der Waals surface area contributed by atoms with Crippen LogP contribution in [0.5, 0.6) is 5.75 Å². The zero-order valence-corrected chi connectivity index (χ0v) is 21.7. The zero-order valence-electron chi connectivity index (χ0n) is 21.7. The molecule has 0 saturated heterocycles. The first-order valence-electron chi connectivity index (χ1n) is 13.0. The molecule has 2 N–H and O–H groups in total. The average Bonchev–Trinajstić information content (AvgIpc) is 3.32. The molecule has 0 radical (unpaired) electrons. The summed E-state index contributed by atoms with van der Waals surface area (Å²) in [6.45, 7) is 2.87. The van der Waals surface area contributed by atoms with Gasteiger partial charge in [-0.25, -0.2) is 9.78 Å². The summed E-state index contributed by atoms with van der Waals surface area (Å²) in [5.74, 6) is 1.12. The number of carbonyl (C=O) groups is 2. The second-order valence-corrected chi connectivity index (χ2v) is 9.59. The number of nitrogens with zero attached hydrogens (tertiary/aromatic N) is 2. The van der Waals surface area contributed by atoms with E-state index in [2.05, 4.69) is 24.3 Å². The summed E-state index contributed by atoms with van der Waals surface area (Å²) in [6.07, 6.45) is 0.419. The van der Waals surface area contributed by atoms with Gasteiger partial charge >= 0.3 is 12.1 Å². The van der Waals surface area contributed by atoms with Crippen molar-refractivity contribution in [1.82, 2.24) is 9.88 Å². The molecule has 0 spiro atoms. The van der Waals surface area contributed by atoms with E-state index in [1.54, 1.807) is 0 Å². The molecule has 200 valence electrons. The zero-order chi connectivity index (χ0) is 27.4. The number of amides is 1. The Morgan fingerprint density at radius 3 is 2.36 bits per heavy atom. The van der Waals surface area contributed by atoms with Crippen molar-refractivity contribution in [3.05, 3.63) is 94.9 Å². The number of aliphatic carboxylic acids is 1. The Balaban J connectivity index is 1.27. The van der Waals surface area contributed by atoms with Gasteiger partial charge in [0.2, 0.25) is 5.89 Å². The van der Waals surface area contributed by atoms with Crippen LogP contribution in [-0.2, 0) is 30.6 Å². The van der Waals surface area contributed by atoms with Crippen LogP contribution in [0, 0.1) is 6.92 Å². The molecule has 0 saturated carbocycles. The Morgan fingerprint density at radius 2 is 1.64 bits per heavy atom. The Labute approximate surface area is 226 Å². The number of hydrogen-bond acceptors (Lipinski definition) is 5. The summed E-state index contributed by atoms with van der Waals surface area (Å²) in [5.41, 5.74) is 6.65. The molecule has 1 amide bonds. The summed E-state index contributed by atoms with van der Waals surface area (Å²) >= 11 is 0. The van der Waals surface area contributed by atoms with Crippen LogP contribution < -0.4 is 4.74 Å². The van der Waals surface area contributed by atoms with Crippen molar-refractivity contribution in [2.24, 2.45) is 0 Å². The minimum absolute atomic E-state index is 0.0114. The molecule has 3 aromatic carbocycles. The molecule has 8 nitrogen and oxygen atoms in total. The van der Waals surface area contributed by atoms with Crippen LogP contribution in [0.3, 0.4) is 0 Å². The maximum absolute atomic E-state index is 11.6. The lowest BCUT2D eigenvalue weighted by Gasteiger charge is -2.29. The average molecular weight is 527 g/mol. The molecule has 0 fully saturated rings. The van der Waals surface area contributed by atoms with Crippen molar-refractivity contribution in [3.8, 4) is 28.3 Å². The monoisotopic (exact) mass is 526 g/mol. The first-order valence-corrected chi connectivity index (χ1v) is 13.0. The number of aromatic nitrogens is 1. The van der Waals surface area contributed by atoms with Gasteiger partial charge in [0.05, 0.1) is 12.3 Å². The highest BCUT2D eigenvalue weighted by Crippen LogP contribution is 2.32. The van der Waals surface area contributed by atoms with Crippen molar-refractivity contribution in [2.45, 2.75) is 39.2 Å². The number of fused-ring (bicyclic) bond motifs is 1. The van der Waals surface area contributed by atoms with Gasteiger partial charge in [-0.2, -0.15) is 0 Å². The van der Waals surface area contributed by atoms with E-state index in [1.165, 1.54) is 4.90 Å². The fourth-order valence-electron chi connectivity index (χ4n) is 4.96. The fourth-order valence-corrected chi connectivity index (χ4v) is 4.96. The van der Waals surface area contributed by atoms with E-state index >= 15 is 0 Å². The minimum Gasteiger partial charge on any atom is -0.493 e. The van der Waals surface area contributed by atoms with Gasteiger partial charge in [0, 0.05) is 37.1 Å². The van der Waals surface area contributed by atoms with Gasteiger partial charge < -0.3 is 24.3 Å². The minimum atomic E-state index is -0.983. The molecule has 8 heteroatoms. The number of ether oxygens (including phenoxy) is 1. The summed E-state index contributed by atoms with van der Waals surface area (Å²) in [7, 11) is 0. The smallest absolute Gasteiger partial charge is 0.407 e. The topological polar surface area (TPSA) is 113 Å². The molecule has 0 aliphatic carbocycles. The Hall–Kier alpha value is -4.59. The predicted molar refractivity (Wildman–Crippen MR) is 146 cm³/mol. The van der Waals surface area contributed by atoms with E-state index in [9.17, 15) is 14.7 Å². The maximum atomic E-state index is 11.6. The number of carboxylic acid groups (broad SMARTS) is 2. The first-order chi connectivity index (χ1) is 18.9. The Bertz CT molecular complexity index is 1480. The Morgan fingerprint density at radius 1 is 0.923 bits per heavy atom. The van der Waals surface area contributed by atoms with Gasteiger partial charge in [0.25, 0.3) is 0 Å². The first kappa shape index (κ1) is 26.0. The van der Waals surface area contributed by atoms with E-state index in [0.29, 0.717) is 44.1 Å². The fraction of sp³-hybridized carbons (Fsp3) is 0.258. The molecule has 4 aromatic rings. The van der Waals surface area contributed by atoms with Crippen molar-refractivity contribution in [3.63, 3.8) is 0 Å². The standard InChI is InChI=1S/C31H30N2O6/c1-20-27(32-30(39-20)24-9-7-22(8-10-24)21-5-3-2-4-6-21)16-18-38-28-13-11-23(12-14-29(34)35)26-19-33(31(36)37)17-15-25(26)28/h2-11,13H,12,14-19H2,1H3,(H,34,35)(H,36,37). The molecular formula is C31H30N2O6. The lowest BCUT2D eigenvalue weighted by Crippen LogP contribution is -2.35. The number of rotatable bonds is 9. The molecule has 2 heterocycles. The largest absolute Gasteiger partial charge is 0.493 e. The molecule has 1 aromatic heterocycles. The summed E-state index contributed by atoms with van der Waals surface area (Å²) in [4.78, 5) is 28.7. The molecule has 5 rings (SSSR count). The van der Waals surface area contributed by atoms with Gasteiger partial charge in [-0.3, -0.25) is 4.79 Å². The van der Waals surface area contributed by atoms with Crippen LogP contribution in [0.4, 0.5) is 4.79 Å². The number of benzene rings is 3. The van der Waals surface area contributed by atoms with Crippen molar-refractivity contribution in [1.29, 1.82) is 0 Å². The van der Waals surface area contributed by atoms with E-state index < -0.39 is 12.1 Å². The number of carboxylic acids is 1. The Kier molecular flexibility index (Phi) is 7.63. The van der Waals surface area contributed by atoms with Gasteiger partial charge in [0.1, 0.15) is 11.5 Å². The van der Waals surface area contributed by atoms with Gasteiger partial charge in [-0.1, -0.05) is 48.5 Å². The molecule has 1 aliphatic rings. The van der Waals surface area contributed by atoms with Gasteiger partial charge in [-0.05, 0) is 60.2 Å². The SMILES string of the molecule is Cc1oc(-c2ccc(-c3ccccc3)cc2)nc1CCOc1ccc(CCC(=O)O)c2c1CCN(C(=O)O)C2. The molecule has 0 unspecified atom stereocenters. The van der Waals surface area contributed by atoms with Crippen LogP contribution >= 0.6 is 0 Å². The molecule has 39 heavy (non-hydrogen) atoms. The van der Waals surface area contributed by atoms with E-state index in [-0.39, 0.29) is 13.0 Å². The quantitative estimate of drug-likeness (QED) is 0.275. The van der Waals surface area contributed by atoms with Crippen molar-refractivity contribution >= 4 is 12.1 Å². The molecular weight excluding hydrogens is 496 g/mol. The number of oxazole rings is 1. The highest BCUT2D eigenvalue weighted by Gasteiger charge is 2.25.